The predicted molar refractivity (Wildman–Crippen MR) is 73.1 cm³/mol. The van der Waals surface area contributed by atoms with Crippen LogP contribution in [0.5, 0.6) is 0 Å². The molecule has 0 radical (unpaired) electrons. The average molecular weight is 271 g/mol. The van der Waals surface area contributed by atoms with Gasteiger partial charge in [0.1, 0.15) is 6.04 Å². The Kier molecular flexibility index (Phi) is 6.08. The topological polar surface area (TPSA) is 72.9 Å². The molecule has 1 rings (SSSR count). The molecule has 1 saturated heterocycles. The number of hydrogen-bond donors (Lipinski definition) is 2. The number of urea groups is 1. The average Bonchev–Trinajstić information content (AvgIpc) is 2.75. The number of likely N-dealkylation sites (N-methyl/N-ethyl adjacent to an activating group) is 1. The lowest BCUT2D eigenvalue weighted by atomic mass is 10.2. The molecule has 1 fully saturated rings. The van der Waals surface area contributed by atoms with Crippen LogP contribution in [-0.2, 0) is 4.79 Å². The van der Waals surface area contributed by atoms with Crippen LogP contribution >= 0.6 is 0 Å². The lowest BCUT2D eigenvalue weighted by Gasteiger charge is -2.28. The Balaban J connectivity index is 2.57. The molecule has 0 aliphatic carbocycles. The summed E-state index contributed by atoms with van der Waals surface area (Å²) in [7, 11) is 3.96. The summed E-state index contributed by atoms with van der Waals surface area (Å²) >= 11 is 0. The molecule has 2 amide bonds. The number of carboxylic acids is 1. The van der Waals surface area contributed by atoms with Gasteiger partial charge in [0.05, 0.1) is 0 Å². The SMILES string of the molecule is CCCC(NC(=O)N1CCCC1CN(C)C)C(=O)O. The van der Waals surface area contributed by atoms with Gasteiger partial charge in [-0.15, -0.1) is 0 Å². The Labute approximate surface area is 114 Å². The van der Waals surface area contributed by atoms with Crippen molar-refractivity contribution in [2.45, 2.75) is 44.7 Å². The predicted octanol–water partition coefficient (Wildman–Crippen LogP) is 0.975. The Hall–Kier alpha value is -1.30. The van der Waals surface area contributed by atoms with Gasteiger partial charge in [-0.1, -0.05) is 13.3 Å². The van der Waals surface area contributed by atoms with Crippen LogP contribution in [-0.4, -0.2) is 66.2 Å². The van der Waals surface area contributed by atoms with Crippen molar-refractivity contribution in [2.24, 2.45) is 0 Å². The molecule has 2 unspecified atom stereocenters. The molecule has 1 heterocycles. The molecule has 2 N–H and O–H groups in total. The summed E-state index contributed by atoms with van der Waals surface area (Å²) in [4.78, 5) is 27.0. The van der Waals surface area contributed by atoms with Crippen molar-refractivity contribution in [1.29, 1.82) is 0 Å². The molecule has 6 heteroatoms. The largest absolute Gasteiger partial charge is 0.480 e. The third kappa shape index (κ3) is 4.70. The van der Waals surface area contributed by atoms with Crippen LogP contribution in [0.3, 0.4) is 0 Å². The second-order valence-electron chi connectivity index (χ2n) is 5.38. The molecule has 0 saturated carbocycles. The highest BCUT2D eigenvalue weighted by Gasteiger charge is 2.31. The zero-order chi connectivity index (χ0) is 14.4. The summed E-state index contributed by atoms with van der Waals surface area (Å²) in [6.07, 6.45) is 3.17. The van der Waals surface area contributed by atoms with Gasteiger partial charge in [0.25, 0.3) is 0 Å². The summed E-state index contributed by atoms with van der Waals surface area (Å²) < 4.78 is 0. The number of likely N-dealkylation sites (tertiary alicyclic amines) is 1. The molecule has 0 aromatic heterocycles. The van der Waals surface area contributed by atoms with Crippen molar-refractivity contribution in [3.8, 4) is 0 Å². The Bertz CT molecular complexity index is 320. The monoisotopic (exact) mass is 271 g/mol. The second-order valence-corrected chi connectivity index (χ2v) is 5.38. The molecule has 0 bridgehead atoms. The van der Waals surface area contributed by atoms with Gasteiger partial charge in [-0.3, -0.25) is 0 Å². The summed E-state index contributed by atoms with van der Waals surface area (Å²) in [5, 5.41) is 11.7. The highest BCUT2D eigenvalue weighted by Crippen LogP contribution is 2.18. The Morgan fingerprint density at radius 1 is 1.47 bits per heavy atom. The Morgan fingerprint density at radius 2 is 2.16 bits per heavy atom. The van der Waals surface area contributed by atoms with Crippen molar-refractivity contribution in [1.82, 2.24) is 15.1 Å². The van der Waals surface area contributed by atoms with Crippen molar-refractivity contribution >= 4 is 12.0 Å². The molecular formula is C13H25N3O3. The number of amides is 2. The maximum atomic E-state index is 12.2. The minimum absolute atomic E-state index is 0.186. The van der Waals surface area contributed by atoms with E-state index >= 15 is 0 Å². The van der Waals surface area contributed by atoms with E-state index in [4.69, 9.17) is 5.11 Å². The fourth-order valence-electron chi connectivity index (χ4n) is 2.49. The fraction of sp³-hybridized carbons (Fsp3) is 0.846. The number of hydrogen-bond acceptors (Lipinski definition) is 3. The number of carboxylic acid groups (broad SMARTS) is 1. The number of nitrogens with one attached hydrogen (secondary N) is 1. The van der Waals surface area contributed by atoms with Gasteiger partial charge in [-0.25, -0.2) is 9.59 Å². The lowest BCUT2D eigenvalue weighted by molar-refractivity contribution is -0.139. The standard InChI is InChI=1S/C13H25N3O3/c1-4-6-11(12(17)18)14-13(19)16-8-5-7-10(16)9-15(2)3/h10-11H,4-9H2,1-3H3,(H,14,19)(H,17,18). The van der Waals surface area contributed by atoms with Gasteiger partial charge in [-0.2, -0.15) is 0 Å². The van der Waals surface area contributed by atoms with Crippen LogP contribution in [0.2, 0.25) is 0 Å². The molecule has 6 nitrogen and oxygen atoms in total. The quantitative estimate of drug-likeness (QED) is 0.755. The first-order valence-electron chi connectivity index (χ1n) is 6.90. The minimum atomic E-state index is -0.960. The van der Waals surface area contributed by atoms with E-state index in [1.54, 1.807) is 4.90 Å². The third-order valence-corrected chi connectivity index (χ3v) is 3.39. The first kappa shape index (κ1) is 15.8. The van der Waals surface area contributed by atoms with Crippen molar-refractivity contribution in [3.05, 3.63) is 0 Å². The fourth-order valence-corrected chi connectivity index (χ4v) is 2.49. The molecule has 19 heavy (non-hydrogen) atoms. The van der Waals surface area contributed by atoms with Crippen molar-refractivity contribution in [2.75, 3.05) is 27.2 Å². The van der Waals surface area contributed by atoms with Gasteiger partial charge in [0, 0.05) is 19.1 Å². The van der Waals surface area contributed by atoms with Crippen LogP contribution in [0.25, 0.3) is 0 Å². The molecule has 0 aromatic carbocycles. The number of carbonyl (C=O) groups is 2. The maximum absolute atomic E-state index is 12.2. The van der Waals surface area contributed by atoms with Crippen LogP contribution in [0.15, 0.2) is 0 Å². The number of nitrogens with zero attached hydrogens (tertiary/aromatic N) is 2. The smallest absolute Gasteiger partial charge is 0.326 e. The van der Waals surface area contributed by atoms with E-state index in [9.17, 15) is 9.59 Å². The molecule has 110 valence electrons. The van der Waals surface area contributed by atoms with Gasteiger partial charge < -0.3 is 20.2 Å². The van der Waals surface area contributed by atoms with Gasteiger partial charge >= 0.3 is 12.0 Å². The van der Waals surface area contributed by atoms with Crippen LogP contribution in [0.1, 0.15) is 32.6 Å². The molecule has 2 atom stereocenters. The molecular weight excluding hydrogens is 246 g/mol. The zero-order valence-corrected chi connectivity index (χ0v) is 12.1. The maximum Gasteiger partial charge on any atom is 0.326 e. The van der Waals surface area contributed by atoms with E-state index in [-0.39, 0.29) is 12.1 Å². The lowest BCUT2D eigenvalue weighted by Crippen LogP contribution is -2.51. The zero-order valence-electron chi connectivity index (χ0n) is 12.1. The number of carbonyl (C=O) groups excluding carboxylic acids is 1. The third-order valence-electron chi connectivity index (χ3n) is 3.39. The first-order chi connectivity index (χ1) is 8.95. The summed E-state index contributed by atoms with van der Waals surface area (Å²) in [5.41, 5.74) is 0. The second kappa shape index (κ2) is 7.33. The van der Waals surface area contributed by atoms with E-state index < -0.39 is 12.0 Å². The van der Waals surface area contributed by atoms with E-state index in [2.05, 4.69) is 10.2 Å². The number of aliphatic carboxylic acids is 1. The number of rotatable bonds is 6. The van der Waals surface area contributed by atoms with E-state index in [0.29, 0.717) is 13.0 Å². The minimum Gasteiger partial charge on any atom is -0.480 e. The van der Waals surface area contributed by atoms with Crippen LogP contribution < -0.4 is 5.32 Å². The summed E-state index contributed by atoms with van der Waals surface area (Å²) in [5.74, 6) is -0.960. The molecule has 1 aliphatic heterocycles. The molecule has 1 aliphatic rings. The van der Waals surface area contributed by atoms with Gasteiger partial charge in [0.2, 0.25) is 0 Å². The van der Waals surface area contributed by atoms with Crippen molar-refractivity contribution < 1.29 is 14.7 Å². The van der Waals surface area contributed by atoms with E-state index in [1.165, 1.54) is 0 Å². The molecule has 0 spiro atoms. The highest BCUT2D eigenvalue weighted by molar-refractivity contribution is 5.82. The van der Waals surface area contributed by atoms with Crippen LogP contribution in [0, 0.1) is 0 Å². The molecule has 0 aromatic rings. The Morgan fingerprint density at radius 3 is 2.68 bits per heavy atom. The van der Waals surface area contributed by atoms with Gasteiger partial charge in [-0.05, 0) is 33.4 Å². The van der Waals surface area contributed by atoms with Gasteiger partial charge in [0.15, 0.2) is 0 Å². The summed E-state index contributed by atoms with van der Waals surface area (Å²) in [6, 6.07) is -0.839. The first-order valence-corrected chi connectivity index (χ1v) is 6.90. The highest BCUT2D eigenvalue weighted by atomic mass is 16.4. The normalized spacial score (nSPS) is 20.6. The summed E-state index contributed by atoms with van der Waals surface area (Å²) in [6.45, 7) is 3.44. The van der Waals surface area contributed by atoms with E-state index in [1.807, 2.05) is 21.0 Å². The van der Waals surface area contributed by atoms with Crippen LogP contribution in [0.4, 0.5) is 4.79 Å². The van der Waals surface area contributed by atoms with E-state index in [0.717, 1.165) is 25.8 Å². The van der Waals surface area contributed by atoms with Crippen molar-refractivity contribution in [3.63, 3.8) is 0 Å².